The largest absolute Gasteiger partial charge is 0.461 e. The van der Waals surface area contributed by atoms with Crippen molar-refractivity contribution in [3.8, 4) is 0 Å². The standard InChI is InChI=1S/C23H22ClFN4O3/c1-2-32-22(30)20-14-21(18-8-3-15(24)13-19(18)27-20)28-9-11-29(12-10-28)23(31)26-17-6-4-16(25)5-7-17/h3-8,13-14H,2,9-12H2,1H3,(H,26,31). The molecule has 1 aliphatic rings. The van der Waals surface area contributed by atoms with Gasteiger partial charge in [-0.1, -0.05) is 11.6 Å². The van der Waals surface area contributed by atoms with Crippen molar-refractivity contribution >= 4 is 45.9 Å². The number of carbonyl (C=O) groups excluding carboxylic acids is 2. The minimum atomic E-state index is -0.493. The van der Waals surface area contributed by atoms with E-state index in [1.807, 2.05) is 6.07 Å². The minimum absolute atomic E-state index is 0.216. The zero-order chi connectivity index (χ0) is 22.7. The van der Waals surface area contributed by atoms with Crippen molar-refractivity contribution in [1.82, 2.24) is 9.88 Å². The SMILES string of the molecule is CCOC(=O)c1cc(N2CCN(C(=O)Nc3ccc(F)cc3)CC2)c2ccc(Cl)cc2n1. The Hall–Kier alpha value is -3.39. The molecule has 1 saturated heterocycles. The molecular weight excluding hydrogens is 435 g/mol. The van der Waals surface area contributed by atoms with Gasteiger partial charge in [0.05, 0.1) is 12.1 Å². The molecule has 0 saturated carbocycles. The molecule has 32 heavy (non-hydrogen) atoms. The fourth-order valence-electron chi connectivity index (χ4n) is 3.64. The number of aromatic nitrogens is 1. The van der Waals surface area contributed by atoms with Crippen LogP contribution in [0.2, 0.25) is 5.02 Å². The van der Waals surface area contributed by atoms with Crippen molar-refractivity contribution in [2.24, 2.45) is 0 Å². The predicted octanol–water partition coefficient (Wildman–Crippen LogP) is 4.56. The Labute approximate surface area is 189 Å². The van der Waals surface area contributed by atoms with Crippen molar-refractivity contribution < 1.29 is 18.7 Å². The predicted molar refractivity (Wildman–Crippen MR) is 122 cm³/mol. The first-order valence-electron chi connectivity index (χ1n) is 10.3. The molecule has 0 aliphatic carbocycles. The molecule has 1 fully saturated rings. The molecule has 0 bridgehead atoms. The second kappa shape index (κ2) is 9.40. The highest BCUT2D eigenvalue weighted by molar-refractivity contribution is 6.31. The van der Waals surface area contributed by atoms with Crippen LogP contribution < -0.4 is 10.2 Å². The van der Waals surface area contributed by atoms with Crippen LogP contribution in [0.15, 0.2) is 48.5 Å². The molecule has 3 aromatic rings. The molecule has 1 aromatic heterocycles. The van der Waals surface area contributed by atoms with Crippen molar-refractivity contribution in [2.45, 2.75) is 6.92 Å². The average Bonchev–Trinajstić information content (AvgIpc) is 2.80. The van der Waals surface area contributed by atoms with E-state index in [2.05, 4.69) is 15.2 Å². The molecule has 0 unspecified atom stereocenters. The summed E-state index contributed by atoms with van der Waals surface area (Å²) < 4.78 is 18.2. The van der Waals surface area contributed by atoms with E-state index in [1.165, 1.54) is 24.3 Å². The van der Waals surface area contributed by atoms with E-state index in [9.17, 15) is 14.0 Å². The number of hydrogen-bond donors (Lipinski definition) is 1. The fourth-order valence-corrected chi connectivity index (χ4v) is 3.81. The number of carbonyl (C=O) groups is 2. The van der Waals surface area contributed by atoms with Gasteiger partial charge in [-0.3, -0.25) is 0 Å². The zero-order valence-corrected chi connectivity index (χ0v) is 18.2. The van der Waals surface area contributed by atoms with Crippen LogP contribution in [0.4, 0.5) is 20.6 Å². The van der Waals surface area contributed by atoms with Crippen LogP contribution in [-0.2, 0) is 4.74 Å². The van der Waals surface area contributed by atoms with Gasteiger partial charge >= 0.3 is 12.0 Å². The normalized spacial score (nSPS) is 13.8. The third-order valence-electron chi connectivity index (χ3n) is 5.24. The number of halogens is 2. The topological polar surface area (TPSA) is 74.8 Å². The smallest absolute Gasteiger partial charge is 0.357 e. The number of rotatable bonds is 4. The summed E-state index contributed by atoms with van der Waals surface area (Å²) in [5, 5.41) is 4.18. The van der Waals surface area contributed by atoms with Gasteiger partial charge in [0, 0.05) is 48.0 Å². The Kier molecular flexibility index (Phi) is 6.41. The molecule has 1 N–H and O–H groups in total. The lowest BCUT2D eigenvalue weighted by molar-refractivity contribution is 0.0520. The van der Waals surface area contributed by atoms with Crippen LogP contribution in [-0.4, -0.2) is 54.7 Å². The molecule has 1 aliphatic heterocycles. The minimum Gasteiger partial charge on any atom is -0.461 e. The molecule has 0 atom stereocenters. The van der Waals surface area contributed by atoms with E-state index >= 15 is 0 Å². The highest BCUT2D eigenvalue weighted by Crippen LogP contribution is 2.30. The molecule has 9 heteroatoms. The number of benzene rings is 2. The molecule has 2 aromatic carbocycles. The quantitative estimate of drug-likeness (QED) is 0.582. The van der Waals surface area contributed by atoms with E-state index in [0.29, 0.717) is 42.4 Å². The molecule has 7 nitrogen and oxygen atoms in total. The van der Waals surface area contributed by atoms with Crippen LogP contribution in [0.1, 0.15) is 17.4 Å². The van der Waals surface area contributed by atoms with E-state index in [4.69, 9.17) is 16.3 Å². The highest BCUT2D eigenvalue weighted by atomic mass is 35.5. The fraction of sp³-hybridized carbons (Fsp3) is 0.261. The molecule has 166 valence electrons. The van der Waals surface area contributed by atoms with E-state index in [0.717, 1.165) is 11.1 Å². The summed E-state index contributed by atoms with van der Waals surface area (Å²) in [6.45, 7) is 4.11. The van der Waals surface area contributed by atoms with Crippen LogP contribution in [0, 0.1) is 5.82 Å². The summed E-state index contributed by atoms with van der Waals surface area (Å²) in [5.41, 5.74) is 2.20. The first-order valence-corrected chi connectivity index (χ1v) is 10.7. The summed E-state index contributed by atoms with van der Waals surface area (Å²) in [6.07, 6.45) is 0. The van der Waals surface area contributed by atoms with Crippen molar-refractivity contribution in [1.29, 1.82) is 0 Å². The first kappa shape index (κ1) is 21.8. The third-order valence-corrected chi connectivity index (χ3v) is 5.47. The van der Waals surface area contributed by atoms with Gasteiger partial charge in [0.15, 0.2) is 5.69 Å². The number of nitrogens with one attached hydrogen (secondary N) is 1. The lowest BCUT2D eigenvalue weighted by Gasteiger charge is -2.36. The maximum absolute atomic E-state index is 13.1. The summed E-state index contributed by atoms with van der Waals surface area (Å²) in [5.74, 6) is -0.849. The van der Waals surface area contributed by atoms with E-state index in [-0.39, 0.29) is 24.1 Å². The lowest BCUT2D eigenvalue weighted by atomic mass is 10.1. The van der Waals surface area contributed by atoms with Gasteiger partial charge in [0.25, 0.3) is 0 Å². The molecule has 0 radical (unpaired) electrons. The van der Waals surface area contributed by atoms with Crippen molar-refractivity contribution in [2.75, 3.05) is 43.0 Å². The Morgan fingerprint density at radius 2 is 1.81 bits per heavy atom. The Morgan fingerprint density at radius 3 is 2.50 bits per heavy atom. The van der Waals surface area contributed by atoms with Gasteiger partial charge in [-0.05, 0) is 55.5 Å². The molecular formula is C23H22ClFN4O3. The number of esters is 1. The summed E-state index contributed by atoms with van der Waals surface area (Å²) in [7, 11) is 0. The van der Waals surface area contributed by atoms with Gasteiger partial charge in [-0.15, -0.1) is 0 Å². The third kappa shape index (κ3) is 4.75. The maximum Gasteiger partial charge on any atom is 0.357 e. The van der Waals surface area contributed by atoms with Crippen molar-refractivity contribution in [3.05, 3.63) is 65.1 Å². The van der Waals surface area contributed by atoms with Gasteiger partial charge in [-0.25, -0.2) is 19.0 Å². The molecule has 4 rings (SSSR count). The van der Waals surface area contributed by atoms with Gasteiger partial charge in [0.1, 0.15) is 5.82 Å². The first-order chi connectivity index (χ1) is 15.4. The van der Waals surface area contributed by atoms with Gasteiger partial charge in [-0.2, -0.15) is 0 Å². The Morgan fingerprint density at radius 1 is 1.09 bits per heavy atom. The number of piperazine rings is 1. The number of anilines is 2. The second-order valence-electron chi connectivity index (χ2n) is 7.32. The molecule has 2 amide bonds. The number of ether oxygens (including phenoxy) is 1. The van der Waals surface area contributed by atoms with Crippen LogP contribution >= 0.6 is 11.6 Å². The van der Waals surface area contributed by atoms with E-state index < -0.39 is 5.97 Å². The van der Waals surface area contributed by atoms with Crippen LogP contribution in [0.25, 0.3) is 10.9 Å². The van der Waals surface area contributed by atoms with Crippen LogP contribution in [0.5, 0.6) is 0 Å². The second-order valence-corrected chi connectivity index (χ2v) is 7.76. The summed E-state index contributed by atoms with van der Waals surface area (Å²) >= 11 is 6.14. The lowest BCUT2D eigenvalue weighted by Crippen LogP contribution is -2.50. The zero-order valence-electron chi connectivity index (χ0n) is 17.5. The highest BCUT2D eigenvalue weighted by Gasteiger charge is 2.24. The van der Waals surface area contributed by atoms with E-state index in [1.54, 1.807) is 30.0 Å². The number of nitrogens with zero attached hydrogens (tertiary/aromatic N) is 3. The van der Waals surface area contributed by atoms with Gasteiger partial charge in [0.2, 0.25) is 0 Å². The number of pyridine rings is 1. The molecule has 0 spiro atoms. The summed E-state index contributed by atoms with van der Waals surface area (Å²) in [6, 6.07) is 12.5. The monoisotopic (exact) mass is 456 g/mol. The number of amides is 2. The maximum atomic E-state index is 13.1. The van der Waals surface area contributed by atoms with Gasteiger partial charge < -0.3 is 19.9 Å². The molecule has 2 heterocycles. The van der Waals surface area contributed by atoms with Crippen LogP contribution in [0.3, 0.4) is 0 Å². The Bertz CT molecular complexity index is 1150. The number of fused-ring (bicyclic) bond motifs is 1. The Balaban J connectivity index is 1.52. The number of hydrogen-bond acceptors (Lipinski definition) is 5. The average molecular weight is 457 g/mol. The number of urea groups is 1. The summed E-state index contributed by atoms with van der Waals surface area (Å²) in [4.78, 5) is 33.1. The van der Waals surface area contributed by atoms with Crippen molar-refractivity contribution in [3.63, 3.8) is 0 Å².